The van der Waals surface area contributed by atoms with Gasteiger partial charge in [0, 0.05) is 23.1 Å². The Bertz CT molecular complexity index is 1320. The zero-order chi connectivity index (χ0) is 27.7. The molecule has 3 aromatic carbocycles. The molecule has 2 N–H and O–H groups in total. The van der Waals surface area contributed by atoms with Gasteiger partial charge in [0.2, 0.25) is 0 Å². The van der Waals surface area contributed by atoms with Crippen molar-refractivity contribution < 1.29 is 23.0 Å². The molecular formula is C31H33ClF2N2O3. The molecule has 1 fully saturated rings. The fourth-order valence-corrected chi connectivity index (χ4v) is 6.33. The molecule has 5 rings (SSSR count). The molecule has 0 bridgehead atoms. The highest BCUT2D eigenvalue weighted by Crippen LogP contribution is 2.49. The molecule has 1 heterocycles. The van der Waals surface area contributed by atoms with Crippen LogP contribution in [0.3, 0.4) is 0 Å². The fourth-order valence-electron chi connectivity index (χ4n) is 6.20. The highest BCUT2D eigenvalue weighted by molar-refractivity contribution is 6.30. The molecule has 0 radical (unpaired) electrons. The maximum Gasteiger partial charge on any atom is 0.337 e. The van der Waals surface area contributed by atoms with E-state index in [0.717, 1.165) is 42.4 Å². The Morgan fingerprint density at radius 3 is 2.08 bits per heavy atom. The summed E-state index contributed by atoms with van der Waals surface area (Å²) in [6.45, 7) is 4.16. The normalized spacial score (nSPS) is 17.1. The molecule has 0 amide bonds. The summed E-state index contributed by atoms with van der Waals surface area (Å²) in [5.74, 6) is -1.33. The third-order valence-corrected chi connectivity index (χ3v) is 8.34. The van der Waals surface area contributed by atoms with Crippen molar-refractivity contribution in [3.8, 4) is 5.75 Å². The highest BCUT2D eigenvalue weighted by atomic mass is 35.5. The molecule has 206 valence electrons. The molecule has 8 heteroatoms. The second kappa shape index (κ2) is 11.0. The summed E-state index contributed by atoms with van der Waals surface area (Å²) in [5, 5.41) is 7.69. The van der Waals surface area contributed by atoms with Gasteiger partial charge in [0.15, 0.2) is 11.6 Å². The molecule has 39 heavy (non-hydrogen) atoms. The lowest BCUT2D eigenvalue weighted by atomic mass is 9.72. The van der Waals surface area contributed by atoms with Gasteiger partial charge >= 0.3 is 5.97 Å². The Hall–Kier alpha value is -3.32. The predicted octanol–water partition coefficient (Wildman–Crippen LogP) is 7.99. The fraction of sp³-hybridized carbons (Fsp3) is 0.387. The van der Waals surface area contributed by atoms with Crippen LogP contribution in [0.25, 0.3) is 0 Å². The number of anilines is 2. The highest BCUT2D eigenvalue weighted by Gasteiger charge is 2.49. The predicted molar refractivity (Wildman–Crippen MR) is 150 cm³/mol. The zero-order valence-electron chi connectivity index (χ0n) is 22.4. The van der Waals surface area contributed by atoms with Gasteiger partial charge in [-0.25, -0.2) is 13.6 Å². The molecule has 0 spiro atoms. The van der Waals surface area contributed by atoms with Crippen molar-refractivity contribution >= 4 is 28.9 Å². The van der Waals surface area contributed by atoms with Gasteiger partial charge < -0.3 is 20.1 Å². The summed E-state index contributed by atoms with van der Waals surface area (Å²) in [7, 11) is 1.36. The van der Waals surface area contributed by atoms with Crippen molar-refractivity contribution in [1.29, 1.82) is 0 Å². The third kappa shape index (κ3) is 5.29. The second-order valence-corrected chi connectivity index (χ2v) is 11.1. The molecule has 1 aliphatic carbocycles. The first-order valence-corrected chi connectivity index (χ1v) is 13.7. The standard InChI is InChI=1S/C31H33ClF2N2O3/c1-18-13-21(30(37)38-3)14-19(2)29(18)39-17-24(20-7-5-4-6-8-20)31(22-9-11-23(32)12-10-22)35-27-15-25(33)26(34)16-28(27)36-31/h9-16,20,24,35-36H,4-8,17H2,1-3H3. The number of ether oxygens (including phenoxy) is 2. The molecule has 1 aliphatic heterocycles. The van der Waals surface area contributed by atoms with Crippen molar-refractivity contribution in [2.24, 2.45) is 11.8 Å². The molecule has 3 aromatic rings. The summed E-state index contributed by atoms with van der Waals surface area (Å²) in [6.07, 6.45) is 5.44. The van der Waals surface area contributed by atoms with Crippen LogP contribution in [0, 0.1) is 37.3 Å². The molecule has 2 aliphatic rings. The summed E-state index contributed by atoms with van der Waals surface area (Å²) in [5.41, 5.74) is 3.15. The first-order valence-electron chi connectivity index (χ1n) is 13.4. The van der Waals surface area contributed by atoms with Crippen molar-refractivity contribution in [2.75, 3.05) is 24.4 Å². The van der Waals surface area contributed by atoms with Gasteiger partial charge in [0.1, 0.15) is 11.4 Å². The molecule has 1 unspecified atom stereocenters. The lowest BCUT2D eigenvalue weighted by molar-refractivity contribution is 0.0600. The van der Waals surface area contributed by atoms with E-state index in [-0.39, 0.29) is 11.8 Å². The van der Waals surface area contributed by atoms with E-state index >= 15 is 0 Å². The van der Waals surface area contributed by atoms with Gasteiger partial charge in [-0.1, -0.05) is 43.0 Å². The Labute approximate surface area is 232 Å². The number of hydrogen-bond acceptors (Lipinski definition) is 5. The van der Waals surface area contributed by atoms with Crippen molar-refractivity contribution in [1.82, 2.24) is 0 Å². The molecule has 0 saturated heterocycles. The van der Waals surface area contributed by atoms with Crippen LogP contribution in [0.4, 0.5) is 20.2 Å². The number of halogens is 3. The van der Waals surface area contributed by atoms with E-state index < -0.39 is 23.3 Å². The van der Waals surface area contributed by atoms with Crippen LogP contribution in [0.2, 0.25) is 5.02 Å². The Balaban J connectivity index is 1.56. The van der Waals surface area contributed by atoms with Crippen LogP contribution in [0.5, 0.6) is 5.75 Å². The van der Waals surface area contributed by atoms with E-state index in [9.17, 15) is 13.6 Å². The Morgan fingerprint density at radius 2 is 1.54 bits per heavy atom. The number of rotatable bonds is 7. The number of aryl methyl sites for hydroxylation is 2. The number of fused-ring (bicyclic) bond motifs is 1. The number of esters is 1. The molecule has 1 saturated carbocycles. The summed E-state index contributed by atoms with van der Waals surface area (Å²) < 4.78 is 40.0. The lowest BCUT2D eigenvalue weighted by Crippen LogP contribution is -2.51. The Kier molecular flexibility index (Phi) is 7.72. The van der Waals surface area contributed by atoms with E-state index in [2.05, 4.69) is 10.6 Å². The van der Waals surface area contributed by atoms with Gasteiger partial charge in [0.25, 0.3) is 0 Å². The summed E-state index contributed by atoms with van der Waals surface area (Å²) in [4.78, 5) is 12.1. The minimum atomic E-state index is -0.905. The maximum absolute atomic E-state index is 14.3. The Morgan fingerprint density at radius 1 is 0.974 bits per heavy atom. The van der Waals surface area contributed by atoms with Gasteiger partial charge in [-0.05, 0) is 73.6 Å². The monoisotopic (exact) mass is 554 g/mol. The average Bonchev–Trinajstić information content (AvgIpc) is 3.29. The summed E-state index contributed by atoms with van der Waals surface area (Å²) in [6, 6.07) is 13.5. The average molecular weight is 555 g/mol. The number of hydrogen-bond donors (Lipinski definition) is 2. The van der Waals surface area contributed by atoms with Crippen LogP contribution in [-0.4, -0.2) is 19.7 Å². The molecular weight excluding hydrogens is 522 g/mol. The maximum atomic E-state index is 14.3. The van der Waals surface area contributed by atoms with Gasteiger partial charge in [-0.3, -0.25) is 0 Å². The number of carbonyl (C=O) groups is 1. The third-order valence-electron chi connectivity index (χ3n) is 8.09. The van der Waals surface area contributed by atoms with Crippen molar-refractivity contribution in [3.05, 3.63) is 87.4 Å². The lowest BCUT2D eigenvalue weighted by Gasteiger charge is -2.44. The minimum Gasteiger partial charge on any atom is -0.493 e. The van der Waals surface area contributed by atoms with Crippen LogP contribution in [0.1, 0.15) is 59.2 Å². The number of carbonyl (C=O) groups excluding carboxylic acids is 1. The van der Waals surface area contributed by atoms with Gasteiger partial charge in [0.05, 0.1) is 30.7 Å². The van der Waals surface area contributed by atoms with Crippen molar-refractivity contribution in [2.45, 2.75) is 51.6 Å². The number of nitrogens with one attached hydrogen (secondary N) is 2. The van der Waals surface area contributed by atoms with E-state index in [0.29, 0.717) is 34.3 Å². The van der Waals surface area contributed by atoms with Crippen LogP contribution < -0.4 is 15.4 Å². The zero-order valence-corrected chi connectivity index (χ0v) is 23.1. The van der Waals surface area contributed by atoms with Crippen LogP contribution in [-0.2, 0) is 10.4 Å². The largest absolute Gasteiger partial charge is 0.493 e. The molecule has 5 nitrogen and oxygen atoms in total. The smallest absolute Gasteiger partial charge is 0.337 e. The number of benzene rings is 3. The van der Waals surface area contributed by atoms with Crippen LogP contribution in [0.15, 0.2) is 48.5 Å². The molecule has 1 atom stereocenters. The van der Waals surface area contributed by atoms with E-state index in [4.69, 9.17) is 21.1 Å². The van der Waals surface area contributed by atoms with Crippen molar-refractivity contribution in [3.63, 3.8) is 0 Å². The van der Waals surface area contributed by atoms with E-state index in [1.54, 1.807) is 12.1 Å². The number of methoxy groups -OCH3 is 1. The first-order chi connectivity index (χ1) is 18.7. The SMILES string of the molecule is COC(=O)c1cc(C)c(OCC(C2CCCCC2)C2(c3ccc(Cl)cc3)Nc3cc(F)c(F)cc3N2)c(C)c1. The van der Waals surface area contributed by atoms with Gasteiger partial charge in [-0.2, -0.15) is 0 Å². The van der Waals surface area contributed by atoms with E-state index in [1.165, 1.54) is 25.7 Å². The quantitative estimate of drug-likeness (QED) is 0.290. The van der Waals surface area contributed by atoms with Crippen LogP contribution >= 0.6 is 11.6 Å². The molecule has 0 aromatic heterocycles. The first kappa shape index (κ1) is 27.3. The van der Waals surface area contributed by atoms with Gasteiger partial charge in [-0.15, -0.1) is 0 Å². The second-order valence-electron chi connectivity index (χ2n) is 10.6. The minimum absolute atomic E-state index is 0.114. The van der Waals surface area contributed by atoms with E-state index in [1.807, 2.05) is 38.1 Å². The topological polar surface area (TPSA) is 59.6 Å². The summed E-state index contributed by atoms with van der Waals surface area (Å²) >= 11 is 6.25.